The molecule has 242 valence electrons. The predicted octanol–water partition coefficient (Wildman–Crippen LogP) is 7.48. The molecule has 4 aromatic carbocycles. The molecule has 0 unspecified atom stereocenters. The van der Waals surface area contributed by atoms with Gasteiger partial charge in [-0.1, -0.05) is 43.3 Å². The zero-order chi connectivity index (χ0) is 33.1. The fourth-order valence-corrected chi connectivity index (χ4v) is 10.3. The van der Waals surface area contributed by atoms with Crippen molar-refractivity contribution in [1.82, 2.24) is 0 Å². The lowest BCUT2D eigenvalue weighted by Crippen LogP contribution is -2.45. The lowest BCUT2D eigenvalue weighted by atomic mass is 9.82. The van der Waals surface area contributed by atoms with Gasteiger partial charge in [-0.3, -0.25) is 14.5 Å². The Labute approximate surface area is 274 Å². The number of ether oxygens (including phenoxy) is 3. The van der Waals surface area contributed by atoms with Gasteiger partial charge in [-0.15, -0.1) is 0 Å². The van der Waals surface area contributed by atoms with Crippen LogP contribution in [0.25, 0.3) is 0 Å². The van der Waals surface area contributed by atoms with E-state index in [-0.39, 0.29) is 31.4 Å². The van der Waals surface area contributed by atoms with Crippen LogP contribution in [0, 0.1) is 5.92 Å². The molecule has 7 rings (SSSR count). The molecule has 1 N–H and O–H groups in total. The average molecular weight is 653 g/mol. The van der Waals surface area contributed by atoms with Crippen molar-refractivity contribution < 1.29 is 33.0 Å². The second kappa shape index (κ2) is 11.6. The maximum Gasteiger partial charge on any atom is 0.266 e. The van der Waals surface area contributed by atoms with Crippen molar-refractivity contribution in [2.75, 3.05) is 23.5 Å². The van der Waals surface area contributed by atoms with Crippen LogP contribution in [0.5, 0.6) is 17.2 Å². The number of nitrogens with zero attached hydrogens (tertiary/aromatic N) is 2. The Morgan fingerprint density at radius 3 is 2.43 bits per heavy atom. The van der Waals surface area contributed by atoms with Crippen molar-refractivity contribution in [3.05, 3.63) is 108 Å². The molecule has 3 heterocycles. The van der Waals surface area contributed by atoms with E-state index in [0.29, 0.717) is 45.4 Å². The number of carbonyl (C=O) groups is 2. The maximum atomic E-state index is 15.9. The van der Waals surface area contributed by atoms with E-state index in [0.717, 1.165) is 5.56 Å². The Bertz CT molecular complexity index is 1880. The van der Waals surface area contributed by atoms with Crippen molar-refractivity contribution in [2.24, 2.45) is 5.92 Å². The van der Waals surface area contributed by atoms with E-state index < -0.39 is 31.6 Å². The lowest BCUT2D eigenvalue weighted by molar-refractivity contribution is -0.146. The highest BCUT2D eigenvalue weighted by molar-refractivity contribution is 6.72. The van der Waals surface area contributed by atoms with E-state index >= 15 is 4.11 Å². The molecule has 47 heavy (non-hydrogen) atoms. The first kappa shape index (κ1) is 31.1. The third-order valence-electron chi connectivity index (χ3n) is 9.74. The topological polar surface area (TPSA) is 88.5 Å². The molecule has 1 spiro atoms. The van der Waals surface area contributed by atoms with Crippen LogP contribution in [-0.4, -0.2) is 45.1 Å². The monoisotopic (exact) mass is 652 g/mol. The summed E-state index contributed by atoms with van der Waals surface area (Å²) in [4.78, 5) is 32.1. The highest BCUT2D eigenvalue weighted by Gasteiger charge is 2.66. The SMILES string of the molecule is COc1ccc2c(c1)[C@]1(O[C@@H](CCO)[C@H]([Si](C)(C)F)[C@H]1C)C(=O)N2Cc1cccc(N2C(=O)c3ccccc3Oc3ccccc32)c1. The van der Waals surface area contributed by atoms with Gasteiger partial charge in [0.25, 0.3) is 11.8 Å². The van der Waals surface area contributed by atoms with Crippen molar-refractivity contribution >= 4 is 37.3 Å². The molecule has 0 bridgehead atoms. The molecule has 0 saturated carbocycles. The number of para-hydroxylation sites is 3. The Kier molecular flexibility index (Phi) is 7.69. The number of anilines is 3. The molecule has 4 atom stereocenters. The van der Waals surface area contributed by atoms with Crippen LogP contribution in [0.4, 0.5) is 21.2 Å². The Hall–Kier alpha value is -4.51. The summed E-state index contributed by atoms with van der Waals surface area (Å²) in [6, 6.07) is 27.6. The van der Waals surface area contributed by atoms with Gasteiger partial charge >= 0.3 is 0 Å². The smallest absolute Gasteiger partial charge is 0.266 e. The van der Waals surface area contributed by atoms with Crippen LogP contribution in [0.15, 0.2) is 91.0 Å². The van der Waals surface area contributed by atoms with Gasteiger partial charge in [-0.25, -0.2) is 0 Å². The normalized spacial score (nSPS) is 23.3. The number of hydrogen-bond acceptors (Lipinski definition) is 6. The van der Waals surface area contributed by atoms with Gasteiger partial charge in [-0.2, -0.15) is 0 Å². The Morgan fingerprint density at radius 1 is 0.936 bits per heavy atom. The number of hydrogen-bond donors (Lipinski definition) is 1. The number of halogens is 1. The summed E-state index contributed by atoms with van der Waals surface area (Å²) in [5.74, 6) is 0.604. The third kappa shape index (κ3) is 4.94. The Balaban J connectivity index is 1.29. The quantitative estimate of drug-likeness (QED) is 0.165. The fraction of sp³-hybridized carbons (Fsp3) is 0.297. The predicted molar refractivity (Wildman–Crippen MR) is 180 cm³/mol. The molecule has 8 nitrogen and oxygen atoms in total. The highest BCUT2D eigenvalue weighted by Crippen LogP contribution is 2.60. The number of benzene rings is 4. The van der Waals surface area contributed by atoms with E-state index in [4.69, 9.17) is 14.2 Å². The van der Waals surface area contributed by atoms with Crippen LogP contribution in [-0.2, 0) is 21.7 Å². The maximum absolute atomic E-state index is 15.9. The minimum atomic E-state index is -3.33. The van der Waals surface area contributed by atoms with Crippen LogP contribution in [0.1, 0.15) is 34.8 Å². The molecule has 3 aliphatic rings. The summed E-state index contributed by atoms with van der Waals surface area (Å²) < 4.78 is 34.3. The van der Waals surface area contributed by atoms with Gasteiger partial charge < -0.3 is 28.3 Å². The fourth-order valence-electron chi connectivity index (χ4n) is 7.75. The van der Waals surface area contributed by atoms with Crippen molar-refractivity contribution in [1.29, 1.82) is 0 Å². The summed E-state index contributed by atoms with van der Waals surface area (Å²) in [5.41, 5.74) is 1.82. The first-order valence-corrected chi connectivity index (χ1v) is 18.8. The molecule has 0 aliphatic carbocycles. The van der Waals surface area contributed by atoms with Crippen LogP contribution in [0.2, 0.25) is 18.6 Å². The second-order valence-electron chi connectivity index (χ2n) is 12.9. The van der Waals surface area contributed by atoms with Crippen LogP contribution >= 0.6 is 0 Å². The number of methoxy groups -OCH3 is 1. The van der Waals surface area contributed by atoms with Crippen molar-refractivity contribution in [3.8, 4) is 17.2 Å². The molecular formula is C37H37FN2O6Si. The summed E-state index contributed by atoms with van der Waals surface area (Å²) in [6.45, 7) is 5.19. The highest BCUT2D eigenvalue weighted by atomic mass is 28.4. The average Bonchev–Trinajstić information content (AvgIpc) is 3.43. The van der Waals surface area contributed by atoms with Gasteiger partial charge in [0.05, 0.1) is 36.7 Å². The van der Waals surface area contributed by atoms with E-state index in [9.17, 15) is 14.7 Å². The number of carbonyl (C=O) groups excluding carboxylic acids is 2. The molecule has 0 radical (unpaired) electrons. The molecule has 3 aliphatic heterocycles. The first-order valence-electron chi connectivity index (χ1n) is 15.9. The molecule has 2 amide bonds. The number of fused-ring (bicyclic) bond motifs is 4. The van der Waals surface area contributed by atoms with Gasteiger partial charge in [0.1, 0.15) is 11.5 Å². The molecule has 1 saturated heterocycles. The summed E-state index contributed by atoms with van der Waals surface area (Å²) in [7, 11) is -1.76. The zero-order valence-electron chi connectivity index (χ0n) is 26.8. The van der Waals surface area contributed by atoms with E-state index in [1.54, 1.807) is 54.3 Å². The van der Waals surface area contributed by atoms with Crippen LogP contribution in [0.3, 0.4) is 0 Å². The number of aliphatic hydroxyl groups excluding tert-OH is 1. The van der Waals surface area contributed by atoms with Gasteiger partial charge in [0.2, 0.25) is 8.41 Å². The molecule has 0 aromatic heterocycles. The second-order valence-corrected chi connectivity index (χ2v) is 16.7. The van der Waals surface area contributed by atoms with Gasteiger partial charge in [-0.05, 0) is 79.7 Å². The Morgan fingerprint density at radius 2 is 1.68 bits per heavy atom. The molecule has 1 fully saturated rings. The van der Waals surface area contributed by atoms with Crippen LogP contribution < -0.4 is 19.3 Å². The third-order valence-corrected chi connectivity index (χ3v) is 12.2. The number of aliphatic hydroxyl groups is 1. The van der Waals surface area contributed by atoms with E-state index in [1.807, 2.05) is 73.7 Å². The minimum absolute atomic E-state index is 0.169. The standard InChI is InChI=1S/C37H37FN2O6Si/c1-23-34(47(3,4)38)33(18-19-41)46-37(23)28-21-26(44-2)16-17-29(28)39(36(37)43)22-24-10-9-11-25(20-24)40-30-13-6-8-15-32(30)45-31-14-7-5-12-27(31)35(40)42/h5-17,20-21,23,33-34,41H,18-19,22H2,1-4H3/t23-,33+,34-,37+/m1/s1. The molecule has 10 heteroatoms. The van der Waals surface area contributed by atoms with E-state index in [2.05, 4.69) is 0 Å². The summed E-state index contributed by atoms with van der Waals surface area (Å²) in [5, 5.41) is 9.86. The number of amides is 2. The minimum Gasteiger partial charge on any atom is -0.497 e. The zero-order valence-corrected chi connectivity index (χ0v) is 27.8. The molecule has 4 aromatic rings. The summed E-state index contributed by atoms with van der Waals surface area (Å²) in [6.07, 6.45) is -0.364. The summed E-state index contributed by atoms with van der Waals surface area (Å²) >= 11 is 0. The largest absolute Gasteiger partial charge is 0.497 e. The van der Waals surface area contributed by atoms with Gasteiger partial charge in [0, 0.05) is 29.3 Å². The molecular weight excluding hydrogens is 615 g/mol. The number of rotatable bonds is 7. The van der Waals surface area contributed by atoms with Gasteiger partial charge in [0.15, 0.2) is 11.4 Å². The lowest BCUT2D eigenvalue weighted by Gasteiger charge is -2.31. The van der Waals surface area contributed by atoms with Crippen molar-refractivity contribution in [2.45, 2.75) is 50.2 Å². The van der Waals surface area contributed by atoms with Crippen molar-refractivity contribution in [3.63, 3.8) is 0 Å². The first-order chi connectivity index (χ1) is 22.6. The van der Waals surface area contributed by atoms with E-state index in [1.165, 1.54) is 0 Å².